The van der Waals surface area contributed by atoms with Crippen molar-refractivity contribution >= 4 is 11.6 Å². The Morgan fingerprint density at radius 1 is 1.31 bits per heavy atom. The number of aryl methyl sites for hydroxylation is 1. The van der Waals surface area contributed by atoms with E-state index in [2.05, 4.69) is 15.0 Å². The first-order valence-electron chi connectivity index (χ1n) is 10.5. The van der Waals surface area contributed by atoms with Crippen molar-refractivity contribution in [3.05, 3.63) is 64.1 Å². The molecule has 1 saturated heterocycles. The Hall–Kier alpha value is -2.95. The number of nitrogens with two attached hydrogens (primary N) is 1. The lowest BCUT2D eigenvalue weighted by atomic mass is 9.92. The van der Waals surface area contributed by atoms with Crippen LogP contribution in [0.2, 0.25) is 0 Å². The first kappa shape index (κ1) is 20.9. The fourth-order valence-corrected chi connectivity index (χ4v) is 4.72. The van der Waals surface area contributed by atoms with E-state index >= 15 is 0 Å². The lowest BCUT2D eigenvalue weighted by molar-refractivity contribution is -0.0547. The van der Waals surface area contributed by atoms with Gasteiger partial charge in [-0.3, -0.25) is 4.90 Å². The topological polar surface area (TPSA) is 106 Å². The Balaban J connectivity index is 1.37. The maximum atomic E-state index is 14.2. The molecule has 8 nitrogen and oxygen atoms in total. The predicted octanol–water partition coefficient (Wildman–Crippen LogP) is 2.23. The number of nitrogens with zero attached hydrogens (tertiary/aromatic N) is 4. The number of benzene rings is 1. The van der Waals surface area contributed by atoms with Crippen LogP contribution in [-0.2, 0) is 17.7 Å². The molecule has 0 radical (unpaired) electrons. The SMILES string of the molecule is Cc1cc(C(=O)O)nc2c3c(nn12)CCN([C@H]1CO[C@H](c2cc(F)ccc2F)[C@@H](N)C1)C3. The molecule has 1 fully saturated rings. The summed E-state index contributed by atoms with van der Waals surface area (Å²) in [6.45, 7) is 3.41. The predicted molar refractivity (Wildman–Crippen MR) is 110 cm³/mol. The molecule has 4 heterocycles. The lowest BCUT2D eigenvalue weighted by Gasteiger charge is -2.41. The Kier molecular flexibility index (Phi) is 5.15. The van der Waals surface area contributed by atoms with E-state index in [0.29, 0.717) is 37.3 Å². The molecule has 0 amide bonds. The second-order valence-electron chi connectivity index (χ2n) is 8.44. The number of hydrogen-bond acceptors (Lipinski definition) is 6. The minimum Gasteiger partial charge on any atom is -0.477 e. The van der Waals surface area contributed by atoms with Crippen molar-refractivity contribution in [1.82, 2.24) is 19.5 Å². The smallest absolute Gasteiger partial charge is 0.354 e. The number of carboxylic acid groups (broad SMARTS) is 1. The second kappa shape index (κ2) is 7.88. The second-order valence-corrected chi connectivity index (χ2v) is 8.44. The van der Waals surface area contributed by atoms with Crippen LogP contribution in [0.5, 0.6) is 0 Å². The van der Waals surface area contributed by atoms with Gasteiger partial charge in [-0.05, 0) is 37.6 Å². The van der Waals surface area contributed by atoms with Crippen LogP contribution in [0.3, 0.4) is 0 Å². The van der Waals surface area contributed by atoms with Gasteiger partial charge < -0.3 is 15.6 Å². The van der Waals surface area contributed by atoms with Crippen LogP contribution >= 0.6 is 0 Å². The largest absolute Gasteiger partial charge is 0.477 e. The van der Waals surface area contributed by atoms with Crippen molar-refractivity contribution in [2.75, 3.05) is 13.2 Å². The third kappa shape index (κ3) is 3.54. The molecule has 0 aliphatic carbocycles. The van der Waals surface area contributed by atoms with Gasteiger partial charge in [-0.2, -0.15) is 5.10 Å². The summed E-state index contributed by atoms with van der Waals surface area (Å²) in [7, 11) is 0. The zero-order chi connectivity index (χ0) is 22.6. The van der Waals surface area contributed by atoms with Gasteiger partial charge in [0.25, 0.3) is 0 Å². The van der Waals surface area contributed by atoms with Crippen molar-refractivity contribution in [2.45, 2.75) is 44.5 Å². The number of fused-ring (bicyclic) bond motifs is 3. The molecule has 1 aromatic carbocycles. The Labute approximate surface area is 182 Å². The van der Waals surface area contributed by atoms with Crippen LogP contribution in [-0.4, -0.2) is 55.8 Å². The van der Waals surface area contributed by atoms with Crippen LogP contribution in [0.15, 0.2) is 24.3 Å². The Morgan fingerprint density at radius 2 is 2.12 bits per heavy atom. The molecular formula is C22H23F2N5O3. The minimum absolute atomic E-state index is 0.00952. The average Bonchev–Trinajstić information content (AvgIpc) is 3.14. The highest BCUT2D eigenvalue weighted by molar-refractivity contribution is 5.86. The van der Waals surface area contributed by atoms with E-state index < -0.39 is 29.7 Å². The molecule has 3 atom stereocenters. The Morgan fingerprint density at radius 3 is 2.88 bits per heavy atom. The van der Waals surface area contributed by atoms with Crippen molar-refractivity contribution in [2.24, 2.45) is 5.73 Å². The van der Waals surface area contributed by atoms with Gasteiger partial charge >= 0.3 is 5.97 Å². The fraction of sp³-hybridized carbons (Fsp3) is 0.409. The maximum Gasteiger partial charge on any atom is 0.354 e. The molecule has 0 unspecified atom stereocenters. The summed E-state index contributed by atoms with van der Waals surface area (Å²) in [6, 6.07) is 4.30. The van der Waals surface area contributed by atoms with E-state index in [1.807, 2.05) is 0 Å². The van der Waals surface area contributed by atoms with Crippen molar-refractivity contribution in [3.8, 4) is 0 Å². The summed E-state index contributed by atoms with van der Waals surface area (Å²) < 4.78 is 35.4. The summed E-state index contributed by atoms with van der Waals surface area (Å²) in [4.78, 5) is 18.0. The molecule has 0 saturated carbocycles. The van der Waals surface area contributed by atoms with Crippen molar-refractivity contribution in [1.29, 1.82) is 0 Å². The number of carbonyl (C=O) groups is 1. The van der Waals surface area contributed by atoms with E-state index in [4.69, 9.17) is 10.5 Å². The molecule has 5 rings (SSSR count). The van der Waals surface area contributed by atoms with Crippen molar-refractivity contribution < 1.29 is 23.4 Å². The molecule has 3 aromatic rings. The molecule has 2 aliphatic heterocycles. The third-order valence-corrected chi connectivity index (χ3v) is 6.34. The zero-order valence-corrected chi connectivity index (χ0v) is 17.5. The van der Waals surface area contributed by atoms with Crippen LogP contribution in [0.4, 0.5) is 8.78 Å². The molecular weight excluding hydrogens is 420 g/mol. The highest BCUT2D eigenvalue weighted by Crippen LogP contribution is 2.33. The van der Waals surface area contributed by atoms with Gasteiger partial charge in [0, 0.05) is 48.4 Å². The first-order valence-corrected chi connectivity index (χ1v) is 10.5. The van der Waals surface area contributed by atoms with E-state index in [-0.39, 0.29) is 17.3 Å². The van der Waals surface area contributed by atoms with Crippen molar-refractivity contribution in [3.63, 3.8) is 0 Å². The Bertz CT molecular complexity index is 1210. The van der Waals surface area contributed by atoms with Crippen LogP contribution in [0.1, 0.15) is 45.5 Å². The maximum absolute atomic E-state index is 14.2. The summed E-state index contributed by atoms with van der Waals surface area (Å²) in [5.74, 6) is -2.14. The molecule has 3 N–H and O–H groups in total. The summed E-state index contributed by atoms with van der Waals surface area (Å²) in [5.41, 5.74) is 9.50. The van der Waals surface area contributed by atoms with Crippen LogP contribution in [0.25, 0.3) is 5.65 Å². The zero-order valence-electron chi connectivity index (χ0n) is 17.5. The third-order valence-electron chi connectivity index (χ3n) is 6.34. The normalized spacial score (nSPS) is 23.9. The molecule has 2 aromatic heterocycles. The van der Waals surface area contributed by atoms with Crippen LogP contribution < -0.4 is 5.73 Å². The van der Waals surface area contributed by atoms with E-state index in [0.717, 1.165) is 36.0 Å². The molecule has 32 heavy (non-hydrogen) atoms. The van der Waals surface area contributed by atoms with Crippen LogP contribution in [0, 0.1) is 18.6 Å². The molecule has 0 bridgehead atoms. The summed E-state index contributed by atoms with van der Waals surface area (Å²) in [5, 5.41) is 14.0. The number of hydrogen-bond donors (Lipinski definition) is 2. The van der Waals surface area contributed by atoms with E-state index in [1.54, 1.807) is 11.4 Å². The van der Waals surface area contributed by atoms with Gasteiger partial charge in [0.15, 0.2) is 11.3 Å². The highest BCUT2D eigenvalue weighted by Gasteiger charge is 2.36. The number of aromatic nitrogens is 3. The molecule has 168 valence electrons. The number of rotatable bonds is 3. The fourth-order valence-electron chi connectivity index (χ4n) is 4.72. The monoisotopic (exact) mass is 443 g/mol. The lowest BCUT2D eigenvalue weighted by Crippen LogP contribution is -2.50. The number of ether oxygens (including phenoxy) is 1. The standard InChI is InChI=1S/C22H23F2N5O3/c1-11-6-19(22(30)31)26-21-15-9-28(5-4-18(15)27-29(11)21)13-8-17(25)20(32-10-13)14-7-12(23)2-3-16(14)24/h2-3,6-7,13,17,20H,4-5,8-10,25H2,1H3,(H,30,31)/t13-,17+,20-/m1/s1. The van der Waals surface area contributed by atoms with Gasteiger partial charge in [-0.1, -0.05) is 0 Å². The molecule has 2 aliphatic rings. The summed E-state index contributed by atoms with van der Waals surface area (Å²) in [6.07, 6.45) is 0.540. The van der Waals surface area contributed by atoms with Gasteiger partial charge in [-0.25, -0.2) is 23.1 Å². The van der Waals surface area contributed by atoms with Gasteiger partial charge in [0.1, 0.15) is 17.7 Å². The molecule has 0 spiro atoms. The number of aromatic carboxylic acids is 1. The minimum atomic E-state index is -1.08. The van der Waals surface area contributed by atoms with Gasteiger partial charge in [-0.15, -0.1) is 0 Å². The average molecular weight is 443 g/mol. The van der Waals surface area contributed by atoms with E-state index in [1.165, 1.54) is 6.07 Å². The van der Waals surface area contributed by atoms with Gasteiger partial charge in [0.2, 0.25) is 0 Å². The number of carboxylic acids is 1. The first-order chi connectivity index (χ1) is 15.3. The highest BCUT2D eigenvalue weighted by atomic mass is 19.1. The molecule has 10 heteroatoms. The number of halogens is 2. The van der Waals surface area contributed by atoms with E-state index in [9.17, 15) is 18.7 Å². The quantitative estimate of drug-likeness (QED) is 0.639. The van der Waals surface area contributed by atoms with Gasteiger partial charge in [0.05, 0.1) is 12.3 Å². The summed E-state index contributed by atoms with van der Waals surface area (Å²) >= 11 is 0.